The highest BCUT2D eigenvalue weighted by atomic mass is 32.1. The van der Waals surface area contributed by atoms with Crippen LogP contribution in [0.15, 0.2) is 23.6 Å². The van der Waals surface area contributed by atoms with Gasteiger partial charge in [0.2, 0.25) is 5.91 Å². The normalized spacial score (nSPS) is 15.0. The number of nitrogens with zero attached hydrogens (tertiary/aromatic N) is 1. The van der Waals surface area contributed by atoms with Gasteiger partial charge >= 0.3 is 0 Å². The van der Waals surface area contributed by atoms with Crippen molar-refractivity contribution in [3.8, 4) is 22.8 Å². The first kappa shape index (κ1) is 17.7. The third kappa shape index (κ3) is 4.51. The number of hydrogen-bond donors (Lipinski definition) is 1. The lowest BCUT2D eigenvalue weighted by Crippen LogP contribution is -2.18. The molecule has 1 amide bonds. The Morgan fingerprint density at radius 2 is 1.96 bits per heavy atom. The highest BCUT2D eigenvalue weighted by molar-refractivity contribution is 7.14. The first-order valence-corrected chi connectivity index (χ1v) is 9.55. The van der Waals surface area contributed by atoms with Crippen LogP contribution in [0, 0.1) is 5.92 Å². The number of benzene rings is 1. The molecule has 1 aromatic heterocycles. The minimum Gasteiger partial charge on any atom is -0.493 e. The van der Waals surface area contributed by atoms with Gasteiger partial charge in [-0.3, -0.25) is 4.79 Å². The molecule has 0 radical (unpaired) electrons. The fourth-order valence-electron chi connectivity index (χ4n) is 3.28. The number of ether oxygens (including phenoxy) is 2. The second-order valence-corrected chi connectivity index (χ2v) is 7.22. The van der Waals surface area contributed by atoms with Gasteiger partial charge in [0.1, 0.15) is 0 Å². The van der Waals surface area contributed by atoms with Crippen molar-refractivity contribution < 1.29 is 14.3 Å². The molecule has 0 unspecified atom stereocenters. The van der Waals surface area contributed by atoms with Crippen LogP contribution in [0.25, 0.3) is 11.3 Å². The van der Waals surface area contributed by atoms with E-state index in [1.54, 1.807) is 14.2 Å². The number of carbonyl (C=O) groups is 1. The third-order valence-electron chi connectivity index (χ3n) is 4.63. The van der Waals surface area contributed by atoms with Crippen LogP contribution in [-0.2, 0) is 4.79 Å². The van der Waals surface area contributed by atoms with Gasteiger partial charge in [-0.2, -0.15) is 0 Å². The number of carbonyl (C=O) groups excluding carboxylic acids is 1. The molecule has 134 valence electrons. The zero-order valence-corrected chi connectivity index (χ0v) is 15.5. The summed E-state index contributed by atoms with van der Waals surface area (Å²) in [5, 5.41) is 5.53. The number of methoxy groups -OCH3 is 2. The summed E-state index contributed by atoms with van der Waals surface area (Å²) in [5.74, 6) is 1.94. The standard InChI is InChI=1S/C19H24N2O3S/c1-23-16-9-8-14(11-17(16)24-2)15-12-25-19(20-15)21-18(22)10-13-6-4-3-5-7-13/h8-9,11-13H,3-7,10H2,1-2H3,(H,20,21,22). The average molecular weight is 360 g/mol. The molecule has 1 fully saturated rings. The molecule has 0 bridgehead atoms. The van der Waals surface area contributed by atoms with E-state index in [-0.39, 0.29) is 5.91 Å². The highest BCUT2D eigenvalue weighted by Gasteiger charge is 2.18. The van der Waals surface area contributed by atoms with E-state index in [0.717, 1.165) is 11.3 Å². The van der Waals surface area contributed by atoms with Gasteiger partial charge in [-0.15, -0.1) is 11.3 Å². The number of rotatable bonds is 6. The first-order valence-electron chi connectivity index (χ1n) is 8.67. The van der Waals surface area contributed by atoms with Gasteiger partial charge < -0.3 is 14.8 Å². The molecule has 1 aliphatic rings. The van der Waals surface area contributed by atoms with Crippen LogP contribution in [-0.4, -0.2) is 25.1 Å². The lowest BCUT2D eigenvalue weighted by molar-refractivity contribution is -0.117. The topological polar surface area (TPSA) is 60.5 Å². The van der Waals surface area contributed by atoms with E-state index in [4.69, 9.17) is 9.47 Å². The minimum absolute atomic E-state index is 0.0695. The summed E-state index contributed by atoms with van der Waals surface area (Å²) in [7, 11) is 3.22. The summed E-state index contributed by atoms with van der Waals surface area (Å²) in [4.78, 5) is 16.8. The van der Waals surface area contributed by atoms with E-state index in [9.17, 15) is 4.79 Å². The van der Waals surface area contributed by atoms with Crippen LogP contribution in [0.4, 0.5) is 5.13 Å². The molecule has 5 nitrogen and oxygen atoms in total. The van der Waals surface area contributed by atoms with Crippen molar-refractivity contribution in [2.45, 2.75) is 38.5 Å². The minimum atomic E-state index is 0.0695. The maximum absolute atomic E-state index is 12.2. The number of hydrogen-bond acceptors (Lipinski definition) is 5. The third-order valence-corrected chi connectivity index (χ3v) is 5.39. The Bertz CT molecular complexity index is 723. The van der Waals surface area contributed by atoms with Gasteiger partial charge in [0, 0.05) is 17.4 Å². The SMILES string of the molecule is COc1ccc(-c2csc(NC(=O)CC3CCCCC3)n2)cc1OC. The second-order valence-electron chi connectivity index (χ2n) is 6.36. The molecule has 1 heterocycles. The molecule has 0 spiro atoms. The maximum atomic E-state index is 12.2. The van der Waals surface area contributed by atoms with Crippen LogP contribution in [0.5, 0.6) is 11.5 Å². The van der Waals surface area contributed by atoms with Crippen molar-refractivity contribution in [1.29, 1.82) is 0 Å². The summed E-state index contributed by atoms with van der Waals surface area (Å²) in [6.07, 6.45) is 6.74. The van der Waals surface area contributed by atoms with E-state index in [0.29, 0.717) is 29.0 Å². The Kier molecular flexibility index (Phi) is 5.91. The fourth-order valence-corrected chi connectivity index (χ4v) is 4.02. The Balaban J connectivity index is 1.64. The van der Waals surface area contributed by atoms with Crippen molar-refractivity contribution in [3.05, 3.63) is 23.6 Å². The monoisotopic (exact) mass is 360 g/mol. The molecule has 1 aromatic carbocycles. The molecule has 0 atom stereocenters. The smallest absolute Gasteiger partial charge is 0.226 e. The number of amides is 1. The molecule has 2 aromatic rings. The lowest BCUT2D eigenvalue weighted by Gasteiger charge is -2.20. The summed E-state index contributed by atoms with van der Waals surface area (Å²) < 4.78 is 10.6. The van der Waals surface area contributed by atoms with Gasteiger partial charge in [-0.25, -0.2) is 4.98 Å². The van der Waals surface area contributed by atoms with Crippen molar-refractivity contribution in [2.24, 2.45) is 5.92 Å². The Hall–Kier alpha value is -2.08. The van der Waals surface area contributed by atoms with Crippen LogP contribution in [0.1, 0.15) is 38.5 Å². The number of thiazole rings is 1. The molecule has 25 heavy (non-hydrogen) atoms. The summed E-state index contributed by atoms with van der Waals surface area (Å²) in [5.41, 5.74) is 1.75. The van der Waals surface area contributed by atoms with Gasteiger partial charge in [0.15, 0.2) is 16.6 Å². The first-order chi connectivity index (χ1) is 12.2. The number of aromatic nitrogens is 1. The second kappa shape index (κ2) is 8.34. The Labute approximate surface area is 152 Å². The number of nitrogens with one attached hydrogen (secondary N) is 1. The maximum Gasteiger partial charge on any atom is 0.226 e. The molecule has 6 heteroatoms. The van der Waals surface area contributed by atoms with E-state index >= 15 is 0 Å². The van der Waals surface area contributed by atoms with Crippen molar-refractivity contribution in [1.82, 2.24) is 4.98 Å². The van der Waals surface area contributed by atoms with Gasteiger partial charge in [0.25, 0.3) is 0 Å². The molecule has 1 N–H and O–H groups in total. The van der Waals surface area contributed by atoms with Gasteiger partial charge in [-0.05, 0) is 37.0 Å². The van der Waals surface area contributed by atoms with E-state index < -0.39 is 0 Å². The molecule has 0 saturated heterocycles. The average Bonchev–Trinajstić information content (AvgIpc) is 3.10. The molecule has 3 rings (SSSR count). The summed E-state index contributed by atoms with van der Waals surface area (Å²) in [6.45, 7) is 0. The summed E-state index contributed by atoms with van der Waals surface area (Å²) >= 11 is 1.44. The van der Waals surface area contributed by atoms with E-state index in [1.807, 2.05) is 23.6 Å². The fraction of sp³-hybridized carbons (Fsp3) is 0.474. The largest absolute Gasteiger partial charge is 0.493 e. The van der Waals surface area contributed by atoms with Crippen molar-refractivity contribution in [3.63, 3.8) is 0 Å². The molecular formula is C19H24N2O3S. The quantitative estimate of drug-likeness (QED) is 0.808. The molecule has 0 aliphatic heterocycles. The number of anilines is 1. The zero-order valence-electron chi connectivity index (χ0n) is 14.7. The van der Waals surface area contributed by atoms with Crippen molar-refractivity contribution >= 4 is 22.4 Å². The van der Waals surface area contributed by atoms with E-state index in [1.165, 1.54) is 43.4 Å². The van der Waals surface area contributed by atoms with E-state index in [2.05, 4.69) is 10.3 Å². The highest BCUT2D eigenvalue weighted by Crippen LogP contribution is 2.33. The molecular weight excluding hydrogens is 336 g/mol. The lowest BCUT2D eigenvalue weighted by atomic mass is 9.87. The van der Waals surface area contributed by atoms with Gasteiger partial charge in [-0.1, -0.05) is 19.3 Å². The predicted molar refractivity (Wildman–Crippen MR) is 100 cm³/mol. The van der Waals surface area contributed by atoms with Crippen LogP contribution in [0.2, 0.25) is 0 Å². The summed E-state index contributed by atoms with van der Waals surface area (Å²) in [6, 6.07) is 5.68. The molecule has 1 aliphatic carbocycles. The predicted octanol–water partition coefficient (Wildman–Crippen LogP) is 4.74. The Morgan fingerprint density at radius 1 is 1.20 bits per heavy atom. The van der Waals surface area contributed by atoms with Crippen LogP contribution in [0.3, 0.4) is 0 Å². The van der Waals surface area contributed by atoms with Crippen LogP contribution >= 0.6 is 11.3 Å². The van der Waals surface area contributed by atoms with Crippen LogP contribution < -0.4 is 14.8 Å². The molecule has 1 saturated carbocycles. The van der Waals surface area contributed by atoms with Crippen molar-refractivity contribution in [2.75, 3.05) is 19.5 Å². The van der Waals surface area contributed by atoms with Gasteiger partial charge in [0.05, 0.1) is 19.9 Å². The Morgan fingerprint density at radius 3 is 2.68 bits per heavy atom. The zero-order chi connectivity index (χ0) is 17.6.